The second-order valence-corrected chi connectivity index (χ2v) is 4.86. The Morgan fingerprint density at radius 3 is 2.60 bits per heavy atom. The molecule has 0 aliphatic heterocycles. The molecule has 7 heteroatoms. The van der Waals surface area contributed by atoms with Crippen LogP contribution in [0.15, 0.2) is 36.4 Å². The third-order valence-corrected chi connectivity index (χ3v) is 3.45. The molecule has 0 fully saturated rings. The molecule has 2 aromatic rings. The van der Waals surface area contributed by atoms with Gasteiger partial charge in [0.25, 0.3) is 0 Å². The molecule has 0 radical (unpaired) electrons. The van der Waals surface area contributed by atoms with Gasteiger partial charge in [-0.25, -0.2) is 4.39 Å². The molecule has 2 aromatic carbocycles. The predicted molar refractivity (Wildman–Crippen MR) is 77.0 cm³/mol. The minimum atomic E-state index is -1.87. The summed E-state index contributed by atoms with van der Waals surface area (Å²) in [5.41, 5.74) is 0.369. The molecule has 0 spiro atoms. The Hall–Kier alpha value is -1.27. The van der Waals surface area contributed by atoms with E-state index in [-0.39, 0.29) is 12.1 Å². The number of halogens is 3. The first-order chi connectivity index (χ1) is 9.49. The summed E-state index contributed by atoms with van der Waals surface area (Å²) >= 11 is 11.8. The van der Waals surface area contributed by atoms with E-state index in [1.165, 1.54) is 12.1 Å². The van der Waals surface area contributed by atoms with Crippen molar-refractivity contribution in [3.63, 3.8) is 0 Å². The summed E-state index contributed by atoms with van der Waals surface area (Å²) in [6, 6.07) is 8.93. The van der Waals surface area contributed by atoms with Gasteiger partial charge in [-0.15, -0.1) is 0 Å². The SMILES string of the molecule is OB(O)c1cc(COc2cccc(Cl)c2Cl)ccc1F. The Bertz CT molecular complexity index is 623. The van der Waals surface area contributed by atoms with Crippen LogP contribution in [0.2, 0.25) is 10.0 Å². The van der Waals surface area contributed by atoms with E-state index in [1.54, 1.807) is 18.2 Å². The summed E-state index contributed by atoms with van der Waals surface area (Å²) in [5.74, 6) is -0.292. The largest absolute Gasteiger partial charge is 0.491 e. The number of rotatable bonds is 4. The van der Waals surface area contributed by atoms with Gasteiger partial charge in [0, 0.05) is 5.46 Å². The van der Waals surface area contributed by atoms with Gasteiger partial charge in [-0.2, -0.15) is 0 Å². The van der Waals surface area contributed by atoms with E-state index in [2.05, 4.69) is 0 Å². The third-order valence-electron chi connectivity index (χ3n) is 2.65. The van der Waals surface area contributed by atoms with Gasteiger partial charge < -0.3 is 14.8 Å². The van der Waals surface area contributed by atoms with Gasteiger partial charge in [0.2, 0.25) is 0 Å². The molecular weight excluding hydrogens is 305 g/mol. The molecule has 0 heterocycles. The standard InChI is InChI=1S/C13H10BCl2FO3/c15-10-2-1-3-12(13(10)16)20-7-8-4-5-11(17)9(6-8)14(18)19/h1-6,18-19H,7H2. The van der Waals surface area contributed by atoms with Gasteiger partial charge in [-0.3, -0.25) is 0 Å². The molecule has 20 heavy (non-hydrogen) atoms. The fourth-order valence-electron chi connectivity index (χ4n) is 1.64. The van der Waals surface area contributed by atoms with E-state index < -0.39 is 12.9 Å². The normalized spacial score (nSPS) is 10.4. The van der Waals surface area contributed by atoms with E-state index in [1.807, 2.05) is 0 Å². The molecule has 0 aromatic heterocycles. The highest BCUT2D eigenvalue weighted by Gasteiger charge is 2.17. The lowest BCUT2D eigenvalue weighted by molar-refractivity contribution is 0.306. The van der Waals surface area contributed by atoms with Crippen LogP contribution in [-0.2, 0) is 6.61 Å². The van der Waals surface area contributed by atoms with Crippen molar-refractivity contribution in [3.8, 4) is 5.75 Å². The summed E-state index contributed by atoms with van der Waals surface area (Å²) in [7, 11) is -1.87. The first kappa shape index (κ1) is 15.1. The van der Waals surface area contributed by atoms with Crippen molar-refractivity contribution in [1.82, 2.24) is 0 Å². The van der Waals surface area contributed by atoms with Crippen molar-refractivity contribution in [2.45, 2.75) is 6.61 Å². The summed E-state index contributed by atoms with van der Waals surface area (Å²) < 4.78 is 18.8. The van der Waals surface area contributed by atoms with E-state index >= 15 is 0 Å². The highest BCUT2D eigenvalue weighted by molar-refractivity contribution is 6.58. The average molecular weight is 315 g/mol. The summed E-state index contributed by atoms with van der Waals surface area (Å²) in [6.45, 7) is 0.0973. The van der Waals surface area contributed by atoms with E-state index in [9.17, 15) is 4.39 Å². The molecule has 0 aliphatic carbocycles. The summed E-state index contributed by atoms with van der Waals surface area (Å²) in [4.78, 5) is 0. The van der Waals surface area contributed by atoms with Crippen molar-refractivity contribution in [2.24, 2.45) is 0 Å². The quantitative estimate of drug-likeness (QED) is 0.852. The lowest BCUT2D eigenvalue weighted by atomic mass is 9.79. The Balaban J connectivity index is 2.15. The maximum Gasteiger partial charge on any atom is 0.491 e. The van der Waals surface area contributed by atoms with Gasteiger partial charge in [0.05, 0.1) is 5.02 Å². The smallest absolute Gasteiger partial charge is 0.487 e. The Morgan fingerprint density at radius 2 is 1.90 bits per heavy atom. The van der Waals surface area contributed by atoms with Gasteiger partial charge in [-0.1, -0.05) is 41.4 Å². The van der Waals surface area contributed by atoms with Crippen molar-refractivity contribution in [1.29, 1.82) is 0 Å². The van der Waals surface area contributed by atoms with Gasteiger partial charge >= 0.3 is 7.12 Å². The molecule has 104 valence electrons. The number of ether oxygens (including phenoxy) is 1. The second-order valence-electron chi connectivity index (χ2n) is 4.07. The summed E-state index contributed by atoms with van der Waals surface area (Å²) in [5, 5.41) is 18.7. The van der Waals surface area contributed by atoms with E-state index in [0.717, 1.165) is 6.07 Å². The van der Waals surface area contributed by atoms with Crippen LogP contribution in [0.25, 0.3) is 0 Å². The minimum Gasteiger partial charge on any atom is -0.487 e. The van der Waals surface area contributed by atoms with Crippen molar-refractivity contribution >= 4 is 35.8 Å². The molecule has 0 atom stereocenters. The van der Waals surface area contributed by atoms with Crippen LogP contribution in [0.3, 0.4) is 0 Å². The average Bonchev–Trinajstić information content (AvgIpc) is 2.41. The lowest BCUT2D eigenvalue weighted by Gasteiger charge is -2.10. The van der Waals surface area contributed by atoms with Crippen LogP contribution in [0.5, 0.6) is 5.75 Å². The highest BCUT2D eigenvalue weighted by Crippen LogP contribution is 2.31. The zero-order valence-electron chi connectivity index (χ0n) is 10.2. The van der Waals surface area contributed by atoms with Gasteiger partial charge in [0.15, 0.2) is 0 Å². The molecular formula is C13H10BCl2FO3. The molecule has 3 nitrogen and oxygen atoms in total. The zero-order valence-corrected chi connectivity index (χ0v) is 11.7. The maximum atomic E-state index is 13.3. The Morgan fingerprint density at radius 1 is 1.15 bits per heavy atom. The molecule has 0 saturated heterocycles. The number of hydrogen-bond acceptors (Lipinski definition) is 3. The molecule has 0 saturated carbocycles. The molecule has 0 unspecified atom stereocenters. The molecule has 0 bridgehead atoms. The minimum absolute atomic E-state index is 0.0973. The number of hydrogen-bond donors (Lipinski definition) is 2. The van der Waals surface area contributed by atoms with Crippen molar-refractivity contribution in [2.75, 3.05) is 0 Å². The molecule has 2 N–H and O–H groups in total. The predicted octanol–water partition coefficient (Wildman–Crippen LogP) is 2.39. The lowest BCUT2D eigenvalue weighted by Crippen LogP contribution is -2.33. The van der Waals surface area contributed by atoms with Gasteiger partial charge in [0.1, 0.15) is 23.2 Å². The fraction of sp³-hybridized carbons (Fsp3) is 0.0769. The maximum absolute atomic E-state index is 13.3. The second kappa shape index (κ2) is 6.46. The molecule has 0 aliphatic rings. The van der Waals surface area contributed by atoms with Gasteiger partial charge in [-0.05, 0) is 23.8 Å². The highest BCUT2D eigenvalue weighted by atomic mass is 35.5. The van der Waals surface area contributed by atoms with Crippen molar-refractivity contribution in [3.05, 3.63) is 57.8 Å². The Labute approximate surface area is 125 Å². The topological polar surface area (TPSA) is 49.7 Å². The van der Waals surface area contributed by atoms with Crippen LogP contribution < -0.4 is 10.2 Å². The fourth-order valence-corrected chi connectivity index (χ4v) is 1.98. The number of benzene rings is 2. The van der Waals surface area contributed by atoms with E-state index in [4.69, 9.17) is 38.0 Å². The third kappa shape index (κ3) is 3.43. The van der Waals surface area contributed by atoms with Crippen LogP contribution in [0, 0.1) is 5.82 Å². The van der Waals surface area contributed by atoms with Crippen LogP contribution >= 0.6 is 23.2 Å². The van der Waals surface area contributed by atoms with Crippen LogP contribution in [0.1, 0.15) is 5.56 Å². The Kier molecular flexibility index (Phi) is 4.88. The molecule has 0 amide bonds. The molecule has 2 rings (SSSR count). The first-order valence-corrected chi connectivity index (χ1v) is 6.46. The van der Waals surface area contributed by atoms with E-state index in [0.29, 0.717) is 21.4 Å². The summed E-state index contributed by atoms with van der Waals surface area (Å²) in [6.07, 6.45) is 0. The van der Waals surface area contributed by atoms with Crippen molar-refractivity contribution < 1.29 is 19.2 Å². The first-order valence-electron chi connectivity index (χ1n) is 5.70. The monoisotopic (exact) mass is 314 g/mol. The van der Waals surface area contributed by atoms with Crippen LogP contribution in [0.4, 0.5) is 4.39 Å². The zero-order chi connectivity index (χ0) is 14.7. The van der Waals surface area contributed by atoms with Crippen LogP contribution in [-0.4, -0.2) is 17.2 Å².